The normalized spacial score (nSPS) is 10.5. The molecule has 0 bridgehead atoms. The number of methoxy groups -OCH3 is 1. The molecule has 2 rings (SSSR count). The zero-order valence-corrected chi connectivity index (χ0v) is 12.9. The third-order valence-electron chi connectivity index (χ3n) is 2.44. The summed E-state index contributed by atoms with van der Waals surface area (Å²) in [6.45, 7) is 0.753. The first-order chi connectivity index (χ1) is 9.08. The minimum atomic E-state index is -0.274. The average Bonchev–Trinajstić information content (AvgIpc) is 2.98. The Hall–Kier alpha value is -1.11. The second kappa shape index (κ2) is 6.36. The summed E-state index contributed by atoms with van der Waals surface area (Å²) in [5, 5.41) is 2.76. The largest absolute Gasteiger partial charge is 0.469 e. The van der Waals surface area contributed by atoms with Crippen LogP contribution in [0.25, 0.3) is 0 Å². The number of hydrogen-bond acceptors (Lipinski definition) is 6. The molecule has 0 atom stereocenters. The maximum Gasteiger partial charge on any atom is 0.311 e. The zero-order chi connectivity index (χ0) is 13.8. The Balaban J connectivity index is 1.99. The van der Waals surface area contributed by atoms with Gasteiger partial charge in [0.2, 0.25) is 0 Å². The van der Waals surface area contributed by atoms with Crippen molar-refractivity contribution in [3.8, 4) is 0 Å². The maximum atomic E-state index is 11.2. The van der Waals surface area contributed by atoms with Crippen molar-refractivity contribution >= 4 is 45.4 Å². The first-order valence-corrected chi connectivity index (χ1v) is 7.62. The Morgan fingerprint density at radius 2 is 2.32 bits per heavy atom. The van der Waals surface area contributed by atoms with Gasteiger partial charge in [-0.05, 0) is 12.1 Å². The van der Waals surface area contributed by atoms with Crippen molar-refractivity contribution in [2.75, 3.05) is 19.1 Å². The molecular weight excluding hydrogens is 304 g/mol. The van der Waals surface area contributed by atoms with Crippen LogP contribution in [0, 0.1) is 0 Å². The molecule has 0 radical (unpaired) electrons. The fourth-order valence-electron chi connectivity index (χ4n) is 1.51. The lowest BCUT2D eigenvalue weighted by molar-refractivity contribution is -0.139. The summed E-state index contributed by atoms with van der Waals surface area (Å²) in [5.74, 6) is -0.274. The molecule has 2 aromatic rings. The first-order valence-electron chi connectivity index (χ1n) is 5.55. The molecule has 0 amide bonds. The number of carbonyl (C=O) groups excluding carboxylic acids is 1. The Morgan fingerprint density at radius 3 is 2.95 bits per heavy atom. The summed E-state index contributed by atoms with van der Waals surface area (Å²) >= 11 is 8.98. The molecule has 0 spiro atoms. The number of carbonyl (C=O) groups is 1. The zero-order valence-electron chi connectivity index (χ0n) is 10.6. The van der Waals surface area contributed by atoms with Crippen molar-refractivity contribution in [3.05, 3.63) is 32.4 Å². The predicted octanol–water partition coefficient (Wildman–Crippen LogP) is 3.21. The second-order valence-electron chi connectivity index (χ2n) is 3.94. The molecule has 102 valence electrons. The molecule has 0 saturated heterocycles. The van der Waals surface area contributed by atoms with Crippen LogP contribution in [-0.2, 0) is 22.5 Å². The maximum absolute atomic E-state index is 11.2. The number of esters is 1. The van der Waals surface area contributed by atoms with E-state index >= 15 is 0 Å². The van der Waals surface area contributed by atoms with Crippen molar-refractivity contribution < 1.29 is 9.53 Å². The van der Waals surface area contributed by atoms with Gasteiger partial charge in [-0.3, -0.25) is 4.79 Å². The van der Waals surface area contributed by atoms with Gasteiger partial charge in [-0.25, -0.2) is 4.98 Å². The highest BCUT2D eigenvalue weighted by molar-refractivity contribution is 7.16. The smallest absolute Gasteiger partial charge is 0.311 e. The third kappa shape index (κ3) is 3.92. The summed E-state index contributed by atoms with van der Waals surface area (Å²) in [4.78, 5) is 18.8. The van der Waals surface area contributed by atoms with Gasteiger partial charge in [0.1, 0.15) is 0 Å². The van der Waals surface area contributed by atoms with Crippen LogP contribution >= 0.6 is 34.3 Å². The van der Waals surface area contributed by atoms with Crippen LogP contribution in [-0.4, -0.2) is 25.1 Å². The van der Waals surface area contributed by atoms with Gasteiger partial charge < -0.3 is 9.64 Å². The predicted molar refractivity (Wildman–Crippen MR) is 79.3 cm³/mol. The molecule has 0 saturated carbocycles. The van der Waals surface area contributed by atoms with Crippen LogP contribution in [0.3, 0.4) is 0 Å². The van der Waals surface area contributed by atoms with E-state index in [2.05, 4.69) is 9.72 Å². The van der Waals surface area contributed by atoms with E-state index in [1.165, 1.54) is 23.3 Å². The molecule has 0 aliphatic carbocycles. The number of rotatable bonds is 5. The highest BCUT2D eigenvalue weighted by atomic mass is 35.5. The van der Waals surface area contributed by atoms with Gasteiger partial charge in [-0.15, -0.1) is 22.7 Å². The molecule has 4 nitrogen and oxygen atoms in total. The topological polar surface area (TPSA) is 42.4 Å². The quantitative estimate of drug-likeness (QED) is 0.794. The van der Waals surface area contributed by atoms with E-state index in [1.807, 2.05) is 29.5 Å². The second-order valence-corrected chi connectivity index (χ2v) is 6.57. The van der Waals surface area contributed by atoms with Crippen LogP contribution in [0.5, 0.6) is 0 Å². The summed E-state index contributed by atoms with van der Waals surface area (Å²) in [5.41, 5.74) is 0.739. The number of aromatic nitrogens is 1. The molecule has 0 aromatic carbocycles. The Labute approximate surface area is 124 Å². The number of hydrogen-bond donors (Lipinski definition) is 0. The lowest BCUT2D eigenvalue weighted by atomic mass is 10.3. The van der Waals surface area contributed by atoms with E-state index in [4.69, 9.17) is 11.6 Å². The van der Waals surface area contributed by atoms with E-state index in [0.29, 0.717) is 0 Å². The molecule has 19 heavy (non-hydrogen) atoms. The molecule has 0 fully saturated rings. The van der Waals surface area contributed by atoms with E-state index in [0.717, 1.165) is 21.7 Å². The molecule has 0 aliphatic rings. The fourth-order valence-corrected chi connectivity index (χ4v) is 3.44. The molecule has 0 aliphatic heterocycles. The standard InChI is InChI=1S/C12H13ClN2O2S2/c1-15(6-9-3-4-10(13)19-9)12-14-8(7-18-12)5-11(16)17-2/h3-4,7H,5-6H2,1-2H3. The van der Waals surface area contributed by atoms with Gasteiger partial charge in [0.15, 0.2) is 5.13 Å². The number of anilines is 1. The fraction of sp³-hybridized carbons (Fsp3) is 0.333. The summed E-state index contributed by atoms with van der Waals surface area (Å²) in [6, 6.07) is 3.90. The number of thiazole rings is 1. The van der Waals surface area contributed by atoms with Gasteiger partial charge >= 0.3 is 5.97 Å². The van der Waals surface area contributed by atoms with E-state index in [-0.39, 0.29) is 12.4 Å². The highest BCUT2D eigenvalue weighted by Gasteiger charge is 2.11. The van der Waals surface area contributed by atoms with Gasteiger partial charge in [0.05, 0.1) is 30.1 Å². The third-order valence-corrected chi connectivity index (χ3v) is 4.66. The van der Waals surface area contributed by atoms with Crippen molar-refractivity contribution in [2.24, 2.45) is 0 Å². The lowest BCUT2D eigenvalue weighted by Gasteiger charge is -2.14. The summed E-state index contributed by atoms with van der Waals surface area (Å²) < 4.78 is 5.41. The Bertz CT molecular complexity index is 568. The van der Waals surface area contributed by atoms with Crippen LogP contribution in [0.1, 0.15) is 10.6 Å². The monoisotopic (exact) mass is 316 g/mol. The SMILES string of the molecule is COC(=O)Cc1csc(N(C)Cc2ccc(Cl)s2)n1. The first kappa shape index (κ1) is 14.3. The molecule has 2 aromatic heterocycles. The van der Waals surface area contributed by atoms with E-state index in [9.17, 15) is 4.79 Å². The average molecular weight is 317 g/mol. The molecule has 2 heterocycles. The number of nitrogens with zero attached hydrogens (tertiary/aromatic N) is 2. The van der Waals surface area contributed by atoms with Crippen LogP contribution in [0.2, 0.25) is 4.34 Å². The van der Waals surface area contributed by atoms with E-state index < -0.39 is 0 Å². The molecule has 0 unspecified atom stereocenters. The summed E-state index contributed by atoms with van der Waals surface area (Å²) in [7, 11) is 3.34. The number of ether oxygens (including phenoxy) is 1. The van der Waals surface area contributed by atoms with Crippen molar-refractivity contribution in [3.63, 3.8) is 0 Å². The van der Waals surface area contributed by atoms with Crippen molar-refractivity contribution in [1.29, 1.82) is 0 Å². The lowest BCUT2D eigenvalue weighted by Crippen LogP contribution is -2.15. The van der Waals surface area contributed by atoms with Gasteiger partial charge in [0, 0.05) is 17.3 Å². The van der Waals surface area contributed by atoms with Gasteiger partial charge in [-0.2, -0.15) is 0 Å². The van der Waals surface area contributed by atoms with Crippen LogP contribution in [0.4, 0.5) is 5.13 Å². The number of halogens is 1. The minimum absolute atomic E-state index is 0.214. The highest BCUT2D eigenvalue weighted by Crippen LogP contribution is 2.26. The van der Waals surface area contributed by atoms with Gasteiger partial charge in [0.25, 0.3) is 0 Å². The molecule has 7 heteroatoms. The Morgan fingerprint density at radius 1 is 1.53 bits per heavy atom. The Kier molecular flexibility index (Phi) is 4.79. The van der Waals surface area contributed by atoms with Crippen LogP contribution < -0.4 is 4.90 Å². The van der Waals surface area contributed by atoms with Crippen molar-refractivity contribution in [1.82, 2.24) is 4.98 Å². The molecule has 0 N–H and O–H groups in total. The molecular formula is C12H13ClN2O2S2. The van der Waals surface area contributed by atoms with E-state index in [1.54, 1.807) is 11.3 Å². The number of thiophene rings is 1. The summed E-state index contributed by atoms with van der Waals surface area (Å²) in [6.07, 6.45) is 0.214. The van der Waals surface area contributed by atoms with Gasteiger partial charge in [-0.1, -0.05) is 11.6 Å². The van der Waals surface area contributed by atoms with Crippen LogP contribution in [0.15, 0.2) is 17.5 Å². The van der Waals surface area contributed by atoms with Crippen molar-refractivity contribution in [2.45, 2.75) is 13.0 Å². The minimum Gasteiger partial charge on any atom is -0.469 e.